The van der Waals surface area contributed by atoms with Crippen molar-refractivity contribution in [3.63, 3.8) is 0 Å². The van der Waals surface area contributed by atoms with Crippen molar-refractivity contribution < 1.29 is 4.74 Å². The molecule has 1 aliphatic carbocycles. The van der Waals surface area contributed by atoms with Crippen LogP contribution in [0.5, 0.6) is 11.5 Å². The number of nitrogens with zero attached hydrogens (tertiary/aromatic N) is 4. The smallest absolute Gasteiger partial charge is 0.164 e. The molecule has 0 unspecified atom stereocenters. The first-order valence-electron chi connectivity index (χ1n) is 23.8. The Labute approximate surface area is 405 Å². The van der Waals surface area contributed by atoms with E-state index in [1.807, 2.05) is 47.7 Å². The van der Waals surface area contributed by atoms with E-state index in [0.29, 0.717) is 17.5 Å². The van der Waals surface area contributed by atoms with Crippen LogP contribution in [0, 0.1) is 0 Å². The predicted molar refractivity (Wildman–Crippen MR) is 287 cm³/mol. The van der Waals surface area contributed by atoms with E-state index in [1.54, 1.807) is 0 Å². The Morgan fingerprint density at radius 2 is 0.986 bits per heavy atom. The Balaban J connectivity index is 1.06. The minimum Gasteiger partial charge on any atom is -0.457 e. The molecular formula is C64H36N4OS. The van der Waals surface area contributed by atoms with Gasteiger partial charge in [-0.15, -0.1) is 11.3 Å². The van der Waals surface area contributed by atoms with Crippen LogP contribution in [0.15, 0.2) is 218 Å². The van der Waals surface area contributed by atoms with E-state index in [2.05, 4.69) is 187 Å². The third kappa shape index (κ3) is 5.07. The van der Waals surface area contributed by atoms with Crippen molar-refractivity contribution in [2.24, 2.45) is 0 Å². The molecule has 3 aromatic heterocycles. The zero-order chi connectivity index (χ0) is 45.7. The summed E-state index contributed by atoms with van der Waals surface area (Å²) in [6.45, 7) is 0. The molecule has 4 heterocycles. The van der Waals surface area contributed by atoms with Crippen LogP contribution >= 0.6 is 11.3 Å². The quantitative estimate of drug-likeness (QED) is 0.177. The van der Waals surface area contributed by atoms with E-state index in [9.17, 15) is 0 Å². The molecule has 70 heavy (non-hydrogen) atoms. The van der Waals surface area contributed by atoms with Crippen LogP contribution in [0.2, 0.25) is 0 Å². The highest BCUT2D eigenvalue weighted by atomic mass is 32.1. The minimum atomic E-state index is -0.715. The van der Waals surface area contributed by atoms with Crippen molar-refractivity contribution in [1.29, 1.82) is 0 Å². The van der Waals surface area contributed by atoms with Crippen molar-refractivity contribution in [1.82, 2.24) is 19.5 Å². The lowest BCUT2D eigenvalue weighted by Crippen LogP contribution is -2.32. The van der Waals surface area contributed by atoms with E-state index in [-0.39, 0.29) is 0 Å². The maximum atomic E-state index is 6.85. The molecule has 324 valence electrons. The van der Waals surface area contributed by atoms with Gasteiger partial charge in [-0.2, -0.15) is 0 Å². The Morgan fingerprint density at radius 1 is 0.371 bits per heavy atom. The molecule has 5 nitrogen and oxygen atoms in total. The van der Waals surface area contributed by atoms with Gasteiger partial charge in [0.05, 0.1) is 16.4 Å². The summed E-state index contributed by atoms with van der Waals surface area (Å²) in [6.07, 6.45) is 0. The average molecular weight is 909 g/mol. The Bertz CT molecular complexity index is 4400. The molecule has 14 aromatic rings. The minimum absolute atomic E-state index is 0.622. The van der Waals surface area contributed by atoms with E-state index >= 15 is 0 Å². The van der Waals surface area contributed by atoms with Gasteiger partial charge in [-0.05, 0) is 117 Å². The fourth-order valence-electron chi connectivity index (χ4n) is 12.1. The van der Waals surface area contributed by atoms with Crippen LogP contribution in [0.3, 0.4) is 0 Å². The normalized spacial score (nSPS) is 13.4. The van der Waals surface area contributed by atoms with Gasteiger partial charge in [0.15, 0.2) is 17.5 Å². The van der Waals surface area contributed by atoms with Gasteiger partial charge in [0.2, 0.25) is 0 Å². The lowest BCUT2D eigenvalue weighted by atomic mass is 9.66. The first kappa shape index (κ1) is 38.0. The Kier molecular flexibility index (Phi) is 7.63. The second-order valence-electron chi connectivity index (χ2n) is 18.6. The van der Waals surface area contributed by atoms with Gasteiger partial charge in [0, 0.05) is 64.4 Å². The summed E-state index contributed by atoms with van der Waals surface area (Å²) in [4.78, 5) is 15.5. The molecule has 0 atom stereocenters. The molecule has 2 aliphatic rings. The maximum absolute atomic E-state index is 6.85. The third-order valence-electron chi connectivity index (χ3n) is 15.0. The van der Waals surface area contributed by atoms with Crippen molar-refractivity contribution in [2.75, 3.05) is 0 Å². The predicted octanol–water partition coefficient (Wildman–Crippen LogP) is 16.6. The fraction of sp³-hybridized carbons (Fsp3) is 0.0156. The lowest BCUT2D eigenvalue weighted by molar-refractivity contribution is 0.436. The second kappa shape index (κ2) is 14.0. The average Bonchev–Trinajstić information content (AvgIpc) is 4.07. The summed E-state index contributed by atoms with van der Waals surface area (Å²) in [7, 11) is 0. The molecular weight excluding hydrogens is 873 g/mol. The molecule has 0 radical (unpaired) electrons. The second-order valence-corrected chi connectivity index (χ2v) is 19.7. The van der Waals surface area contributed by atoms with Gasteiger partial charge in [-0.1, -0.05) is 146 Å². The van der Waals surface area contributed by atoms with Gasteiger partial charge in [-0.25, -0.2) is 15.0 Å². The summed E-state index contributed by atoms with van der Waals surface area (Å²) >= 11 is 1.88. The fourth-order valence-corrected chi connectivity index (χ4v) is 13.2. The Hall–Kier alpha value is -8.97. The number of aromatic nitrogens is 4. The van der Waals surface area contributed by atoms with Gasteiger partial charge in [0.25, 0.3) is 0 Å². The van der Waals surface area contributed by atoms with Crippen LogP contribution in [0.1, 0.15) is 22.3 Å². The topological polar surface area (TPSA) is 52.8 Å². The molecule has 6 heteroatoms. The molecule has 0 saturated carbocycles. The number of fused-ring (bicyclic) bond motifs is 13. The number of hydrogen-bond acceptors (Lipinski definition) is 5. The molecule has 1 aliphatic heterocycles. The molecule has 0 amide bonds. The van der Waals surface area contributed by atoms with Crippen molar-refractivity contribution in [3.05, 3.63) is 241 Å². The van der Waals surface area contributed by atoms with Crippen LogP contribution in [0.4, 0.5) is 0 Å². The highest BCUT2D eigenvalue weighted by Gasteiger charge is 2.51. The number of rotatable bonds is 4. The molecule has 0 fully saturated rings. The Morgan fingerprint density at radius 3 is 1.70 bits per heavy atom. The SMILES string of the molecule is c1ccc(-c2nc(-c3ccccc3)nc(-c3ccc4c(c3)-c3cc5c6ccc7sc8ccc9c(c8c7c6)c6c(cccc6n9-c6ccccc6)c5cc3C43c4ccccc4Oc4ccccc43)n2)cc1. The summed E-state index contributed by atoms with van der Waals surface area (Å²) in [5.74, 6) is 3.60. The van der Waals surface area contributed by atoms with E-state index < -0.39 is 5.41 Å². The van der Waals surface area contributed by atoms with Gasteiger partial charge >= 0.3 is 0 Å². The van der Waals surface area contributed by atoms with Crippen molar-refractivity contribution in [2.45, 2.75) is 5.41 Å². The van der Waals surface area contributed by atoms with Crippen molar-refractivity contribution >= 4 is 74.9 Å². The molecule has 0 saturated heterocycles. The summed E-state index contributed by atoms with van der Waals surface area (Å²) < 4.78 is 11.9. The highest BCUT2D eigenvalue weighted by Crippen LogP contribution is 2.63. The number of hydrogen-bond donors (Lipinski definition) is 0. The van der Waals surface area contributed by atoms with Gasteiger partial charge < -0.3 is 9.30 Å². The standard InChI is InChI=1S/C64H36N4OS/c1-4-15-37(16-5-1)61-65-62(38-17-6-2-7-18-38)67-63(66-61)40-27-29-48-45(34-40)46-35-43-39-28-31-56-47(33-39)59-57(70-56)32-30-53-60(59)58-42(21-14-24-52(58)68(53)41-19-8-3-9-20-41)44(43)36-51(46)64(48)49-22-10-12-25-54(49)69-55-26-13-11-23-50(55)64/h1-36H. The number of thiophene rings is 1. The molecule has 0 N–H and O–H groups in total. The monoisotopic (exact) mass is 908 g/mol. The third-order valence-corrected chi connectivity index (χ3v) is 16.2. The van der Waals surface area contributed by atoms with Crippen LogP contribution < -0.4 is 4.74 Å². The zero-order valence-corrected chi connectivity index (χ0v) is 38.2. The lowest BCUT2D eigenvalue weighted by Gasteiger charge is -2.39. The maximum Gasteiger partial charge on any atom is 0.164 e. The molecule has 1 spiro atoms. The van der Waals surface area contributed by atoms with E-state index in [4.69, 9.17) is 19.7 Å². The van der Waals surface area contributed by atoms with Crippen LogP contribution in [0.25, 0.3) is 115 Å². The summed E-state index contributed by atoms with van der Waals surface area (Å²) in [5, 5.41) is 10.0. The van der Waals surface area contributed by atoms with Crippen molar-refractivity contribution in [3.8, 4) is 62.5 Å². The number of ether oxygens (including phenoxy) is 1. The summed E-state index contributed by atoms with van der Waals surface area (Å²) in [5.41, 5.74) is 12.6. The first-order chi connectivity index (χ1) is 34.7. The van der Waals surface area contributed by atoms with Crippen LogP contribution in [-0.4, -0.2) is 19.5 Å². The molecule has 16 rings (SSSR count). The van der Waals surface area contributed by atoms with Gasteiger partial charge in [0.1, 0.15) is 11.5 Å². The van der Waals surface area contributed by atoms with Crippen LogP contribution in [-0.2, 0) is 5.41 Å². The first-order valence-corrected chi connectivity index (χ1v) is 24.6. The zero-order valence-electron chi connectivity index (χ0n) is 37.4. The number of benzene rings is 10. The van der Waals surface area contributed by atoms with E-state index in [1.165, 1.54) is 80.2 Å². The number of para-hydroxylation sites is 3. The highest BCUT2D eigenvalue weighted by molar-refractivity contribution is 7.26. The van der Waals surface area contributed by atoms with Gasteiger partial charge in [-0.3, -0.25) is 0 Å². The van der Waals surface area contributed by atoms with E-state index in [0.717, 1.165) is 50.6 Å². The molecule has 2 bridgehead atoms. The summed E-state index contributed by atoms with van der Waals surface area (Å²) in [6, 6.07) is 79.1. The molecule has 11 aromatic carbocycles. The largest absolute Gasteiger partial charge is 0.457 e.